The summed E-state index contributed by atoms with van der Waals surface area (Å²) < 4.78 is 15.0. The highest BCUT2D eigenvalue weighted by atomic mass is 19.1. The number of carbonyl (C=O) groups excluding carboxylic acids is 1. The number of piperidine rings is 3. The number of amides is 1. The van der Waals surface area contributed by atoms with Crippen molar-refractivity contribution >= 4 is 5.91 Å². The molecule has 3 fully saturated rings. The van der Waals surface area contributed by atoms with Crippen molar-refractivity contribution in [1.29, 1.82) is 0 Å². The fourth-order valence-corrected chi connectivity index (χ4v) is 4.87. The van der Waals surface area contributed by atoms with Crippen molar-refractivity contribution in [1.82, 2.24) is 20.3 Å². The van der Waals surface area contributed by atoms with Crippen LogP contribution in [0.2, 0.25) is 0 Å². The zero-order valence-corrected chi connectivity index (χ0v) is 17.1. The van der Waals surface area contributed by atoms with Crippen LogP contribution in [0.15, 0.2) is 30.5 Å². The molecule has 1 unspecified atom stereocenters. The van der Waals surface area contributed by atoms with Gasteiger partial charge in [0.2, 0.25) is 5.91 Å². The Labute approximate surface area is 171 Å². The van der Waals surface area contributed by atoms with Crippen LogP contribution in [0.4, 0.5) is 4.39 Å². The summed E-state index contributed by atoms with van der Waals surface area (Å²) >= 11 is 0. The lowest BCUT2D eigenvalue weighted by Gasteiger charge is -2.46. The maximum atomic E-state index is 13.0. The normalized spacial score (nSPS) is 25.9. The third-order valence-corrected chi connectivity index (χ3v) is 6.55. The number of unbranched alkanes of at least 4 members (excludes halogenated alkanes) is 1. The van der Waals surface area contributed by atoms with E-state index < -0.39 is 0 Å². The van der Waals surface area contributed by atoms with Gasteiger partial charge in [-0.25, -0.2) is 9.07 Å². The minimum absolute atomic E-state index is 0.0753. The van der Waals surface area contributed by atoms with E-state index in [0.717, 1.165) is 56.6 Å². The SMILES string of the molecule is CCCCc1cn(C[C@H]2C[C@H]3CC[NH+]2C[C@@H]3C(=O)NCc2ccc(F)cc2)nn1. The van der Waals surface area contributed by atoms with Gasteiger partial charge in [-0.3, -0.25) is 4.79 Å². The molecule has 1 amide bonds. The highest BCUT2D eigenvalue weighted by Gasteiger charge is 2.46. The number of quaternary nitrogens is 1. The van der Waals surface area contributed by atoms with E-state index in [0.29, 0.717) is 18.5 Å². The highest BCUT2D eigenvalue weighted by Crippen LogP contribution is 2.27. The predicted molar refractivity (Wildman–Crippen MR) is 108 cm³/mol. The van der Waals surface area contributed by atoms with Gasteiger partial charge in [-0.15, -0.1) is 5.10 Å². The maximum Gasteiger partial charge on any atom is 0.229 e. The zero-order valence-electron chi connectivity index (χ0n) is 17.1. The molecule has 2 bridgehead atoms. The van der Waals surface area contributed by atoms with Crippen LogP contribution >= 0.6 is 0 Å². The van der Waals surface area contributed by atoms with E-state index in [-0.39, 0.29) is 17.6 Å². The van der Waals surface area contributed by atoms with Gasteiger partial charge in [0.1, 0.15) is 11.9 Å². The van der Waals surface area contributed by atoms with E-state index in [4.69, 9.17) is 0 Å². The molecular formula is C22H31FN5O+. The molecule has 2 N–H and O–H groups in total. The van der Waals surface area contributed by atoms with Gasteiger partial charge in [-0.05, 0) is 36.5 Å². The number of fused-ring (bicyclic) bond motifs is 3. The number of hydrogen-bond acceptors (Lipinski definition) is 3. The molecule has 2 aromatic rings. The molecule has 3 aliphatic heterocycles. The first-order valence-electron chi connectivity index (χ1n) is 10.9. The van der Waals surface area contributed by atoms with Gasteiger partial charge in [0, 0.05) is 25.6 Å². The van der Waals surface area contributed by atoms with E-state index in [1.807, 2.05) is 4.68 Å². The number of halogens is 1. The van der Waals surface area contributed by atoms with Crippen LogP contribution in [0.1, 0.15) is 43.9 Å². The van der Waals surface area contributed by atoms with Crippen LogP contribution in [-0.2, 0) is 24.3 Å². The van der Waals surface area contributed by atoms with Crippen molar-refractivity contribution in [2.24, 2.45) is 11.8 Å². The van der Waals surface area contributed by atoms with E-state index in [2.05, 4.69) is 28.7 Å². The molecular weight excluding hydrogens is 369 g/mol. The highest BCUT2D eigenvalue weighted by molar-refractivity contribution is 5.79. The molecule has 3 saturated heterocycles. The molecule has 156 valence electrons. The molecule has 29 heavy (non-hydrogen) atoms. The molecule has 1 aromatic carbocycles. The second kappa shape index (κ2) is 9.03. The van der Waals surface area contributed by atoms with Gasteiger partial charge in [0.05, 0.1) is 31.2 Å². The van der Waals surface area contributed by atoms with Crippen LogP contribution in [-0.4, -0.2) is 40.0 Å². The maximum absolute atomic E-state index is 13.0. The number of rotatable bonds is 8. The summed E-state index contributed by atoms with van der Waals surface area (Å²) in [4.78, 5) is 14.3. The zero-order chi connectivity index (χ0) is 20.2. The monoisotopic (exact) mass is 400 g/mol. The van der Waals surface area contributed by atoms with Gasteiger partial charge in [0.15, 0.2) is 0 Å². The molecule has 0 saturated carbocycles. The Morgan fingerprint density at radius 3 is 2.90 bits per heavy atom. The molecule has 7 heteroatoms. The number of nitrogens with zero attached hydrogens (tertiary/aromatic N) is 3. The summed E-state index contributed by atoms with van der Waals surface area (Å²) in [5.74, 6) is 0.398. The Morgan fingerprint density at radius 1 is 1.34 bits per heavy atom. The van der Waals surface area contributed by atoms with E-state index in [9.17, 15) is 9.18 Å². The summed E-state index contributed by atoms with van der Waals surface area (Å²) in [6, 6.07) is 6.82. The third kappa shape index (κ3) is 4.83. The summed E-state index contributed by atoms with van der Waals surface area (Å²) in [5.41, 5.74) is 2.01. The van der Waals surface area contributed by atoms with Crippen LogP contribution in [0, 0.1) is 17.7 Å². The topological polar surface area (TPSA) is 64.2 Å². The molecule has 6 nitrogen and oxygen atoms in total. The second-order valence-corrected chi connectivity index (χ2v) is 8.58. The Hall–Kier alpha value is -2.28. The van der Waals surface area contributed by atoms with Gasteiger partial charge in [-0.2, -0.15) is 0 Å². The van der Waals surface area contributed by atoms with Crippen molar-refractivity contribution in [3.05, 3.63) is 47.5 Å². The number of aryl methyl sites for hydroxylation is 1. The van der Waals surface area contributed by atoms with Gasteiger partial charge < -0.3 is 10.2 Å². The molecule has 0 spiro atoms. The summed E-state index contributed by atoms with van der Waals surface area (Å²) in [6.07, 6.45) is 7.58. The molecule has 5 rings (SSSR count). The van der Waals surface area contributed by atoms with Crippen molar-refractivity contribution in [2.75, 3.05) is 13.1 Å². The first-order valence-corrected chi connectivity index (χ1v) is 10.9. The molecule has 4 heterocycles. The fourth-order valence-electron chi connectivity index (χ4n) is 4.87. The average Bonchev–Trinajstić information content (AvgIpc) is 3.19. The van der Waals surface area contributed by atoms with Gasteiger partial charge >= 0.3 is 0 Å². The van der Waals surface area contributed by atoms with Crippen molar-refractivity contribution < 1.29 is 14.1 Å². The number of carbonyl (C=O) groups is 1. The standard InChI is InChI=1S/C22H30FN5O/c1-2-3-4-19-13-28(26-25-19)14-20-11-17-9-10-27(20)15-21(17)22(29)24-12-16-5-7-18(23)8-6-16/h5-8,13,17,20-21H,2-4,9-12,14-15H2,1H3,(H,24,29)/p+1/t17-,20-,21+/m1/s1. The first-order chi connectivity index (χ1) is 14.1. The Morgan fingerprint density at radius 2 is 2.17 bits per heavy atom. The smallest absolute Gasteiger partial charge is 0.229 e. The Balaban J connectivity index is 1.29. The number of benzene rings is 1. The summed E-state index contributed by atoms with van der Waals surface area (Å²) in [6.45, 7) is 5.55. The van der Waals surface area contributed by atoms with Gasteiger partial charge in [0.25, 0.3) is 0 Å². The van der Waals surface area contributed by atoms with Crippen LogP contribution < -0.4 is 10.2 Å². The molecule has 3 aliphatic rings. The molecule has 1 aromatic heterocycles. The van der Waals surface area contributed by atoms with Crippen molar-refractivity contribution in [2.45, 2.75) is 58.2 Å². The number of nitrogens with one attached hydrogen (secondary N) is 2. The summed E-state index contributed by atoms with van der Waals surface area (Å²) in [5, 5.41) is 11.7. The van der Waals surface area contributed by atoms with Crippen LogP contribution in [0.3, 0.4) is 0 Å². The lowest BCUT2D eigenvalue weighted by atomic mass is 9.75. The summed E-state index contributed by atoms with van der Waals surface area (Å²) in [7, 11) is 0. The Kier molecular flexibility index (Phi) is 6.23. The van der Waals surface area contributed by atoms with E-state index in [1.54, 1.807) is 12.1 Å². The van der Waals surface area contributed by atoms with Crippen molar-refractivity contribution in [3.8, 4) is 0 Å². The van der Waals surface area contributed by atoms with E-state index in [1.165, 1.54) is 23.5 Å². The second-order valence-electron chi connectivity index (χ2n) is 8.58. The quantitative estimate of drug-likeness (QED) is 0.704. The predicted octanol–water partition coefficient (Wildman–Crippen LogP) is 1.37. The van der Waals surface area contributed by atoms with Crippen LogP contribution in [0.25, 0.3) is 0 Å². The molecule has 4 atom stereocenters. The lowest BCUT2D eigenvalue weighted by Crippen LogP contribution is -3.20. The largest absolute Gasteiger partial charge is 0.352 e. The van der Waals surface area contributed by atoms with Gasteiger partial charge in [-0.1, -0.05) is 30.7 Å². The molecule has 0 aliphatic carbocycles. The fraction of sp³-hybridized carbons (Fsp3) is 0.591. The number of aromatic nitrogens is 3. The minimum atomic E-state index is -0.253. The van der Waals surface area contributed by atoms with E-state index >= 15 is 0 Å². The minimum Gasteiger partial charge on any atom is -0.352 e. The molecule has 0 radical (unpaired) electrons. The number of hydrogen-bond donors (Lipinski definition) is 2. The van der Waals surface area contributed by atoms with Crippen molar-refractivity contribution in [3.63, 3.8) is 0 Å². The van der Waals surface area contributed by atoms with Crippen LogP contribution in [0.5, 0.6) is 0 Å². The lowest BCUT2D eigenvalue weighted by molar-refractivity contribution is -0.945. The average molecular weight is 401 g/mol. The third-order valence-electron chi connectivity index (χ3n) is 6.55. The Bertz CT molecular complexity index is 821. The first kappa shape index (κ1) is 20.0.